The van der Waals surface area contributed by atoms with E-state index in [1.165, 1.54) is 4.90 Å². The minimum Gasteiger partial charge on any atom is -0.490 e. The molecule has 5 nitrogen and oxygen atoms in total. The van der Waals surface area contributed by atoms with E-state index in [0.29, 0.717) is 19.6 Å². The van der Waals surface area contributed by atoms with Gasteiger partial charge >= 0.3 is 6.18 Å². The summed E-state index contributed by atoms with van der Waals surface area (Å²) in [5, 5.41) is 3.36. The lowest BCUT2D eigenvalue weighted by molar-refractivity contribution is -0.143. The minimum atomic E-state index is -4.12. The zero-order valence-corrected chi connectivity index (χ0v) is 19.0. The van der Waals surface area contributed by atoms with Crippen molar-refractivity contribution in [3.05, 3.63) is 30.3 Å². The molecule has 1 aromatic carbocycles. The smallest absolute Gasteiger partial charge is 0.401 e. The number of halogens is 4. The molecule has 0 saturated carbocycles. The van der Waals surface area contributed by atoms with Crippen molar-refractivity contribution < 1.29 is 17.9 Å². The quantitative estimate of drug-likeness (QED) is 0.362. The van der Waals surface area contributed by atoms with E-state index in [4.69, 9.17) is 4.74 Å². The van der Waals surface area contributed by atoms with Crippen molar-refractivity contribution in [2.45, 2.75) is 31.5 Å². The Morgan fingerprint density at radius 1 is 1.14 bits per heavy atom. The molecule has 3 rings (SSSR count). The Hall–Kier alpha value is -1.23. The number of nitrogens with one attached hydrogen (secondary N) is 1. The van der Waals surface area contributed by atoms with Crippen LogP contribution in [-0.4, -0.2) is 74.4 Å². The Morgan fingerprint density at radius 3 is 2.45 bits per heavy atom. The summed E-state index contributed by atoms with van der Waals surface area (Å²) >= 11 is 0. The summed E-state index contributed by atoms with van der Waals surface area (Å²) in [4.78, 5) is 8.05. The van der Waals surface area contributed by atoms with Crippen molar-refractivity contribution >= 4 is 29.9 Å². The van der Waals surface area contributed by atoms with Crippen LogP contribution in [0.5, 0.6) is 5.75 Å². The summed E-state index contributed by atoms with van der Waals surface area (Å²) in [6.45, 7) is 2.53. The number of aliphatic imine (C=N–C) groups is 1. The highest BCUT2D eigenvalue weighted by molar-refractivity contribution is 14.0. The molecule has 2 fully saturated rings. The minimum absolute atomic E-state index is 0. The number of hydrogen-bond acceptors (Lipinski definition) is 3. The van der Waals surface area contributed by atoms with Gasteiger partial charge in [0.1, 0.15) is 11.9 Å². The summed E-state index contributed by atoms with van der Waals surface area (Å²) in [7, 11) is 1.75. The molecule has 164 valence electrons. The summed E-state index contributed by atoms with van der Waals surface area (Å²) < 4.78 is 43.6. The molecule has 2 heterocycles. The fourth-order valence-corrected chi connectivity index (χ4v) is 3.92. The molecule has 0 radical (unpaired) electrons. The van der Waals surface area contributed by atoms with Crippen LogP contribution in [0.3, 0.4) is 0 Å². The maximum Gasteiger partial charge on any atom is 0.401 e. The van der Waals surface area contributed by atoms with Gasteiger partial charge in [0.15, 0.2) is 5.96 Å². The van der Waals surface area contributed by atoms with E-state index in [-0.39, 0.29) is 36.0 Å². The van der Waals surface area contributed by atoms with E-state index in [0.717, 1.165) is 44.1 Å². The molecule has 0 aliphatic carbocycles. The number of piperidine rings is 1. The Morgan fingerprint density at radius 2 is 1.83 bits per heavy atom. The molecule has 2 aliphatic heterocycles. The molecular weight excluding hydrogens is 496 g/mol. The lowest BCUT2D eigenvalue weighted by Crippen LogP contribution is -2.48. The van der Waals surface area contributed by atoms with Crippen molar-refractivity contribution in [2.24, 2.45) is 10.9 Å². The number of rotatable bonds is 5. The highest BCUT2D eigenvalue weighted by Gasteiger charge is 2.34. The predicted molar refractivity (Wildman–Crippen MR) is 119 cm³/mol. The number of benzene rings is 1. The first-order valence-electron chi connectivity index (χ1n) is 9.89. The lowest BCUT2D eigenvalue weighted by Gasteiger charge is -2.34. The van der Waals surface area contributed by atoms with Crippen LogP contribution >= 0.6 is 24.0 Å². The molecule has 0 amide bonds. The Kier molecular flexibility index (Phi) is 9.32. The number of likely N-dealkylation sites (tertiary alicyclic amines) is 2. The molecule has 9 heteroatoms. The van der Waals surface area contributed by atoms with Crippen molar-refractivity contribution in [1.82, 2.24) is 15.1 Å². The molecule has 0 aromatic heterocycles. The van der Waals surface area contributed by atoms with Gasteiger partial charge in [-0.25, -0.2) is 0 Å². The van der Waals surface area contributed by atoms with Crippen LogP contribution in [0.2, 0.25) is 0 Å². The first kappa shape index (κ1) is 24.0. The Labute approximate surface area is 187 Å². The number of alkyl halides is 3. The first-order chi connectivity index (χ1) is 13.4. The third kappa shape index (κ3) is 7.84. The molecular formula is C20H30F3IN4O. The van der Waals surface area contributed by atoms with Gasteiger partial charge < -0.3 is 15.0 Å². The fraction of sp³-hybridized carbons (Fsp3) is 0.650. The average molecular weight is 526 g/mol. The molecule has 2 aliphatic rings. The SMILES string of the molecule is CN=C(NCC1CCN(CC(F)(F)F)C1)N1CCC(Oc2ccccc2)CC1.I. The van der Waals surface area contributed by atoms with Crippen LogP contribution in [0.1, 0.15) is 19.3 Å². The third-order valence-corrected chi connectivity index (χ3v) is 5.32. The Balaban J connectivity index is 0.00000300. The average Bonchev–Trinajstić information content (AvgIpc) is 3.10. The van der Waals surface area contributed by atoms with E-state index in [1.807, 2.05) is 30.3 Å². The monoisotopic (exact) mass is 526 g/mol. The first-order valence-corrected chi connectivity index (χ1v) is 9.89. The second kappa shape index (κ2) is 11.2. The molecule has 2 saturated heterocycles. The van der Waals surface area contributed by atoms with E-state index in [9.17, 15) is 13.2 Å². The topological polar surface area (TPSA) is 40.1 Å². The van der Waals surface area contributed by atoms with Crippen LogP contribution < -0.4 is 10.1 Å². The van der Waals surface area contributed by atoms with Crippen molar-refractivity contribution in [3.8, 4) is 5.75 Å². The summed E-state index contributed by atoms with van der Waals surface area (Å²) in [6.07, 6.45) is -1.31. The van der Waals surface area contributed by atoms with Gasteiger partial charge in [-0.05, 0) is 31.0 Å². The number of guanidine groups is 1. The molecule has 0 spiro atoms. The van der Waals surface area contributed by atoms with Crippen LogP contribution in [0, 0.1) is 5.92 Å². The second-order valence-corrected chi connectivity index (χ2v) is 7.55. The Bertz CT molecular complexity index is 636. The van der Waals surface area contributed by atoms with Gasteiger partial charge in [-0.1, -0.05) is 18.2 Å². The largest absolute Gasteiger partial charge is 0.490 e. The van der Waals surface area contributed by atoms with Gasteiger partial charge in [-0.2, -0.15) is 13.2 Å². The normalized spacial score (nSPS) is 21.7. The van der Waals surface area contributed by atoms with E-state index in [1.54, 1.807) is 7.05 Å². The molecule has 29 heavy (non-hydrogen) atoms. The number of nitrogens with zero attached hydrogens (tertiary/aromatic N) is 3. The number of ether oxygens (including phenoxy) is 1. The van der Waals surface area contributed by atoms with Crippen LogP contribution in [0.15, 0.2) is 35.3 Å². The maximum atomic E-state index is 12.5. The zero-order valence-electron chi connectivity index (χ0n) is 16.7. The molecule has 1 N–H and O–H groups in total. The maximum absolute atomic E-state index is 12.5. The standard InChI is InChI=1S/C20H29F3N4O.HI/c1-24-19(25-13-16-7-10-26(14-16)15-20(21,22)23)27-11-8-18(9-12-27)28-17-5-3-2-4-6-17;/h2-6,16,18H,7-15H2,1H3,(H,24,25);1H. The van der Waals surface area contributed by atoms with E-state index < -0.39 is 12.7 Å². The van der Waals surface area contributed by atoms with Crippen LogP contribution in [-0.2, 0) is 0 Å². The van der Waals surface area contributed by atoms with Crippen LogP contribution in [0.4, 0.5) is 13.2 Å². The highest BCUT2D eigenvalue weighted by Crippen LogP contribution is 2.23. The number of para-hydroxylation sites is 1. The van der Waals surface area contributed by atoms with Crippen molar-refractivity contribution in [1.29, 1.82) is 0 Å². The molecule has 1 unspecified atom stereocenters. The van der Waals surface area contributed by atoms with Crippen molar-refractivity contribution in [3.63, 3.8) is 0 Å². The lowest BCUT2D eigenvalue weighted by atomic mass is 10.1. The fourth-order valence-electron chi connectivity index (χ4n) is 3.92. The predicted octanol–water partition coefficient (Wildman–Crippen LogP) is 3.61. The van der Waals surface area contributed by atoms with Gasteiger partial charge in [-0.3, -0.25) is 9.89 Å². The van der Waals surface area contributed by atoms with Gasteiger partial charge in [0.05, 0.1) is 6.54 Å². The van der Waals surface area contributed by atoms with Gasteiger partial charge in [-0.15, -0.1) is 24.0 Å². The van der Waals surface area contributed by atoms with Gasteiger partial charge in [0.2, 0.25) is 0 Å². The van der Waals surface area contributed by atoms with E-state index in [2.05, 4.69) is 15.2 Å². The van der Waals surface area contributed by atoms with E-state index >= 15 is 0 Å². The van der Waals surface area contributed by atoms with Gasteiger partial charge in [0.25, 0.3) is 0 Å². The third-order valence-electron chi connectivity index (χ3n) is 5.32. The second-order valence-electron chi connectivity index (χ2n) is 7.55. The molecule has 0 bridgehead atoms. The number of hydrogen-bond donors (Lipinski definition) is 1. The van der Waals surface area contributed by atoms with Crippen molar-refractivity contribution in [2.75, 3.05) is 46.3 Å². The summed E-state index contributed by atoms with van der Waals surface area (Å²) in [5.41, 5.74) is 0. The molecule has 1 aromatic rings. The molecule has 1 atom stereocenters. The summed E-state index contributed by atoms with van der Waals surface area (Å²) in [5.74, 6) is 1.94. The van der Waals surface area contributed by atoms with Crippen LogP contribution in [0.25, 0.3) is 0 Å². The summed E-state index contributed by atoms with van der Waals surface area (Å²) in [6, 6.07) is 9.84. The highest BCUT2D eigenvalue weighted by atomic mass is 127. The zero-order chi connectivity index (χ0) is 20.0. The van der Waals surface area contributed by atoms with Gasteiger partial charge in [0, 0.05) is 46.1 Å².